The van der Waals surface area contributed by atoms with Gasteiger partial charge in [-0.1, -0.05) is 46.3 Å². The highest BCUT2D eigenvalue weighted by atomic mass is 79.9. The number of imide groups is 1. The number of sulfone groups is 1. The van der Waals surface area contributed by atoms with E-state index in [0.29, 0.717) is 11.3 Å². The van der Waals surface area contributed by atoms with Crippen molar-refractivity contribution in [3.8, 4) is 0 Å². The molecule has 1 atom stereocenters. The number of carbonyl (C=O) groups is 2. The van der Waals surface area contributed by atoms with Crippen molar-refractivity contribution in [3.05, 3.63) is 64.6 Å². The maximum Gasteiger partial charge on any atom is 0.256 e. The second-order valence-electron chi connectivity index (χ2n) is 5.14. The number of anilines is 1. The van der Waals surface area contributed by atoms with Gasteiger partial charge >= 0.3 is 0 Å². The smallest absolute Gasteiger partial charge is 0.256 e. The van der Waals surface area contributed by atoms with Crippen LogP contribution < -0.4 is 4.90 Å². The van der Waals surface area contributed by atoms with Crippen molar-refractivity contribution in [3.63, 3.8) is 0 Å². The molecule has 23 heavy (non-hydrogen) atoms. The number of hydrogen-bond acceptors (Lipinski definition) is 4. The summed E-state index contributed by atoms with van der Waals surface area (Å²) in [4.78, 5) is 25.9. The molecule has 0 saturated carbocycles. The van der Waals surface area contributed by atoms with E-state index in [9.17, 15) is 18.0 Å². The summed E-state index contributed by atoms with van der Waals surface area (Å²) >= 11 is 3.28. The molecule has 3 rings (SSSR count). The number of amides is 2. The van der Waals surface area contributed by atoms with Crippen molar-refractivity contribution in [2.24, 2.45) is 0 Å². The summed E-state index contributed by atoms with van der Waals surface area (Å²) in [7, 11) is -3.87. The Hall–Kier alpha value is -1.99. The Balaban J connectivity index is 2.08. The zero-order valence-corrected chi connectivity index (χ0v) is 14.2. The molecule has 0 spiro atoms. The first kappa shape index (κ1) is 15.9. The molecule has 1 fully saturated rings. The second-order valence-corrected chi connectivity index (χ2v) is 8.14. The molecule has 1 aliphatic rings. The summed E-state index contributed by atoms with van der Waals surface area (Å²) in [5, 5.41) is -1.36. The largest absolute Gasteiger partial charge is 0.273 e. The highest BCUT2D eigenvalue weighted by Gasteiger charge is 2.46. The molecule has 2 amide bonds. The predicted molar refractivity (Wildman–Crippen MR) is 89.6 cm³/mol. The van der Waals surface area contributed by atoms with Gasteiger partial charge in [-0.2, -0.15) is 0 Å². The normalized spacial score (nSPS) is 20.6. The Morgan fingerprint density at radius 1 is 0.957 bits per heavy atom. The van der Waals surface area contributed by atoms with Crippen LogP contribution in [-0.4, -0.2) is 26.0 Å². The summed E-state index contributed by atoms with van der Waals surface area (Å²) in [6, 6.07) is 14.8. The van der Waals surface area contributed by atoms with Crippen molar-refractivity contribution in [2.45, 2.75) is 5.25 Å². The molecule has 7 heteroatoms. The lowest BCUT2D eigenvalue weighted by Crippen LogP contribution is -2.51. The molecule has 0 radical (unpaired) electrons. The van der Waals surface area contributed by atoms with Crippen molar-refractivity contribution >= 4 is 43.3 Å². The first-order chi connectivity index (χ1) is 10.9. The van der Waals surface area contributed by atoms with Crippen molar-refractivity contribution in [2.75, 3.05) is 10.7 Å². The third-order valence-corrected chi connectivity index (χ3v) is 5.94. The second kappa shape index (κ2) is 5.90. The number of nitrogens with zero attached hydrogens (tertiary/aromatic N) is 1. The van der Waals surface area contributed by atoms with Gasteiger partial charge in [-0.25, -0.2) is 13.3 Å². The molecule has 1 saturated heterocycles. The van der Waals surface area contributed by atoms with Gasteiger partial charge in [0.25, 0.3) is 5.91 Å². The van der Waals surface area contributed by atoms with E-state index < -0.39 is 32.7 Å². The average Bonchev–Trinajstić information content (AvgIpc) is 2.49. The van der Waals surface area contributed by atoms with Crippen molar-refractivity contribution in [1.82, 2.24) is 0 Å². The van der Waals surface area contributed by atoms with E-state index in [4.69, 9.17) is 0 Å². The Labute approximate surface area is 142 Å². The molecule has 0 N–H and O–H groups in total. The molecule has 118 valence electrons. The van der Waals surface area contributed by atoms with E-state index in [1.165, 1.54) is 0 Å². The fourth-order valence-corrected chi connectivity index (χ4v) is 4.44. The first-order valence-corrected chi connectivity index (χ1v) is 9.30. The lowest BCUT2D eigenvalue weighted by molar-refractivity contribution is -0.125. The minimum absolute atomic E-state index is 0.360. The molecular weight excluding hydrogens is 382 g/mol. The van der Waals surface area contributed by atoms with Gasteiger partial charge in [-0.3, -0.25) is 9.59 Å². The van der Waals surface area contributed by atoms with Crippen LogP contribution in [0.2, 0.25) is 0 Å². The summed E-state index contributed by atoms with van der Waals surface area (Å²) in [6.45, 7) is 0. The van der Waals surface area contributed by atoms with Gasteiger partial charge in [-0.15, -0.1) is 0 Å². The summed E-state index contributed by atoms with van der Waals surface area (Å²) < 4.78 is 25.5. The molecule has 0 aliphatic carbocycles. The van der Waals surface area contributed by atoms with Gasteiger partial charge in [0.2, 0.25) is 5.91 Å². The maximum absolute atomic E-state index is 12.8. The number of benzene rings is 2. The van der Waals surface area contributed by atoms with E-state index in [1.807, 2.05) is 0 Å². The van der Waals surface area contributed by atoms with Gasteiger partial charge in [-0.05, 0) is 29.8 Å². The molecule has 0 aromatic heterocycles. The van der Waals surface area contributed by atoms with Gasteiger partial charge in [0, 0.05) is 4.47 Å². The lowest BCUT2D eigenvalue weighted by Gasteiger charge is -2.30. The number of carbonyl (C=O) groups excluding carboxylic acids is 2. The van der Waals surface area contributed by atoms with Gasteiger partial charge in [0.1, 0.15) is 5.75 Å². The Kier molecular flexibility index (Phi) is 4.08. The minimum Gasteiger partial charge on any atom is -0.273 e. The van der Waals surface area contributed by atoms with Crippen molar-refractivity contribution < 1.29 is 18.0 Å². The maximum atomic E-state index is 12.8. The third-order valence-electron chi connectivity index (χ3n) is 3.57. The minimum atomic E-state index is -3.87. The van der Waals surface area contributed by atoms with Crippen LogP contribution in [0, 0.1) is 0 Å². The van der Waals surface area contributed by atoms with E-state index in [1.54, 1.807) is 54.6 Å². The molecular formula is C16H12BrNO4S. The van der Waals surface area contributed by atoms with Crippen LogP contribution in [0.5, 0.6) is 0 Å². The monoisotopic (exact) mass is 393 g/mol. The SMILES string of the molecule is O=C1CS(=O)(=O)C(c2ccccc2)C(=O)N1c1ccc(Br)cc1. The molecule has 2 aromatic carbocycles. The van der Waals surface area contributed by atoms with Crippen LogP contribution in [0.1, 0.15) is 10.8 Å². The number of halogens is 1. The Bertz CT molecular complexity index is 863. The van der Waals surface area contributed by atoms with Gasteiger partial charge in [0.15, 0.2) is 15.1 Å². The highest BCUT2D eigenvalue weighted by Crippen LogP contribution is 2.32. The quantitative estimate of drug-likeness (QED) is 0.734. The lowest BCUT2D eigenvalue weighted by atomic mass is 10.1. The van der Waals surface area contributed by atoms with E-state index in [-0.39, 0.29) is 0 Å². The molecule has 1 heterocycles. The Morgan fingerprint density at radius 2 is 1.57 bits per heavy atom. The van der Waals surface area contributed by atoms with Crippen LogP contribution in [-0.2, 0) is 19.4 Å². The van der Waals surface area contributed by atoms with Crippen LogP contribution in [0.4, 0.5) is 5.69 Å². The summed E-state index contributed by atoms with van der Waals surface area (Å²) in [5.74, 6) is -2.16. The van der Waals surface area contributed by atoms with E-state index in [2.05, 4.69) is 15.9 Å². The molecule has 1 unspecified atom stereocenters. The van der Waals surface area contributed by atoms with Crippen LogP contribution >= 0.6 is 15.9 Å². The summed E-state index contributed by atoms with van der Waals surface area (Å²) in [6.07, 6.45) is 0. The fourth-order valence-electron chi connectivity index (χ4n) is 2.55. The molecule has 1 aliphatic heterocycles. The van der Waals surface area contributed by atoms with Gasteiger partial charge in [0.05, 0.1) is 5.69 Å². The number of hydrogen-bond donors (Lipinski definition) is 0. The first-order valence-electron chi connectivity index (χ1n) is 6.79. The van der Waals surface area contributed by atoms with Crippen LogP contribution in [0.15, 0.2) is 59.1 Å². The molecule has 0 bridgehead atoms. The van der Waals surface area contributed by atoms with E-state index in [0.717, 1.165) is 9.37 Å². The molecule has 5 nitrogen and oxygen atoms in total. The Morgan fingerprint density at radius 3 is 2.17 bits per heavy atom. The van der Waals surface area contributed by atoms with Gasteiger partial charge < -0.3 is 0 Å². The molecule has 2 aromatic rings. The number of rotatable bonds is 2. The zero-order valence-electron chi connectivity index (χ0n) is 11.8. The van der Waals surface area contributed by atoms with E-state index >= 15 is 0 Å². The summed E-state index contributed by atoms with van der Waals surface area (Å²) in [5.41, 5.74) is 0.728. The zero-order chi connectivity index (χ0) is 16.6. The third kappa shape index (κ3) is 2.94. The highest BCUT2D eigenvalue weighted by molar-refractivity contribution is 9.10. The van der Waals surface area contributed by atoms with Crippen molar-refractivity contribution in [1.29, 1.82) is 0 Å². The van der Waals surface area contributed by atoms with Crippen LogP contribution in [0.25, 0.3) is 0 Å². The average molecular weight is 394 g/mol. The predicted octanol–water partition coefficient (Wildman–Crippen LogP) is 2.48. The topological polar surface area (TPSA) is 71.5 Å². The van der Waals surface area contributed by atoms with Crippen LogP contribution in [0.3, 0.4) is 0 Å². The standard InChI is InChI=1S/C16H12BrNO4S/c17-12-6-8-13(9-7-12)18-14(19)10-23(21,22)15(16(18)20)11-4-2-1-3-5-11/h1-9,15H,10H2. The fraction of sp³-hybridized carbons (Fsp3) is 0.125.